The number of aryl methyl sites for hydroxylation is 1. The van der Waals surface area contributed by atoms with Gasteiger partial charge in [0.05, 0.1) is 32.3 Å². The van der Waals surface area contributed by atoms with Crippen molar-refractivity contribution >= 4 is 16.9 Å². The molecule has 4 rings (SSSR count). The first-order valence-corrected chi connectivity index (χ1v) is 10.9. The minimum atomic E-state index is -0.564. The number of aromatic nitrogens is 5. The van der Waals surface area contributed by atoms with Gasteiger partial charge in [-0.15, -0.1) is 0 Å². The van der Waals surface area contributed by atoms with Crippen LogP contribution in [0.2, 0.25) is 0 Å². The van der Waals surface area contributed by atoms with Crippen molar-refractivity contribution in [1.82, 2.24) is 29.6 Å². The van der Waals surface area contributed by atoms with Crippen molar-refractivity contribution in [3.05, 3.63) is 54.2 Å². The van der Waals surface area contributed by atoms with Crippen LogP contribution >= 0.6 is 0 Å². The highest BCUT2D eigenvalue weighted by atomic mass is 19.1. The fourth-order valence-corrected chi connectivity index (χ4v) is 3.56. The van der Waals surface area contributed by atoms with Crippen molar-refractivity contribution in [3.8, 4) is 22.8 Å². The van der Waals surface area contributed by atoms with Crippen molar-refractivity contribution in [1.29, 1.82) is 0 Å². The maximum atomic E-state index is 15.0. The Labute approximate surface area is 196 Å². The summed E-state index contributed by atoms with van der Waals surface area (Å²) in [6.07, 6.45) is 5.35. The van der Waals surface area contributed by atoms with Crippen LogP contribution < -0.4 is 20.3 Å². The molecule has 9 nitrogen and oxygen atoms in total. The summed E-state index contributed by atoms with van der Waals surface area (Å²) in [4.78, 5) is 14.1. The molecule has 1 N–H and O–H groups in total. The van der Waals surface area contributed by atoms with Gasteiger partial charge < -0.3 is 19.4 Å². The molecule has 0 radical (unpaired) electrons. The van der Waals surface area contributed by atoms with Crippen molar-refractivity contribution in [2.24, 2.45) is 12.0 Å². The van der Waals surface area contributed by atoms with E-state index >= 15 is 4.39 Å². The average Bonchev–Trinajstić information content (AvgIpc) is 3.27. The molecule has 178 valence electrons. The molecule has 0 aliphatic heterocycles. The Balaban J connectivity index is 1.92. The lowest BCUT2D eigenvalue weighted by Crippen LogP contribution is -2.31. The molecular weight excluding hydrogens is 437 g/mol. The lowest BCUT2D eigenvalue weighted by Gasteiger charge is -2.14. The maximum absolute atomic E-state index is 15.0. The second-order valence-electron chi connectivity index (χ2n) is 8.09. The van der Waals surface area contributed by atoms with Crippen LogP contribution in [-0.4, -0.2) is 51.1 Å². The first-order chi connectivity index (χ1) is 16.4. The molecule has 0 aliphatic carbocycles. The second-order valence-corrected chi connectivity index (χ2v) is 8.09. The zero-order valence-electron chi connectivity index (χ0n) is 19.9. The number of hydrogen-bond donors (Lipinski definition) is 1. The molecular formula is C24H28FN7O2. The summed E-state index contributed by atoms with van der Waals surface area (Å²) in [6, 6.07) is 6.97. The molecule has 0 atom stereocenters. The lowest BCUT2D eigenvalue weighted by atomic mass is 10.2. The number of nitrogens with one attached hydrogen (secondary N) is 1. The number of benzene rings is 1. The molecule has 0 saturated carbocycles. The Morgan fingerprint density at radius 2 is 1.97 bits per heavy atom. The van der Waals surface area contributed by atoms with Crippen LogP contribution in [0.4, 0.5) is 10.1 Å². The number of methoxy groups -OCH3 is 2. The van der Waals surface area contributed by atoms with E-state index in [1.165, 1.54) is 26.4 Å². The minimum Gasteiger partial charge on any atom is -0.497 e. The van der Waals surface area contributed by atoms with E-state index in [1.54, 1.807) is 17.1 Å². The van der Waals surface area contributed by atoms with Crippen molar-refractivity contribution < 1.29 is 13.9 Å². The summed E-state index contributed by atoms with van der Waals surface area (Å²) in [7, 11) is 4.77. The molecule has 0 fully saturated rings. The van der Waals surface area contributed by atoms with E-state index in [0.29, 0.717) is 47.2 Å². The highest BCUT2D eigenvalue weighted by molar-refractivity contribution is 5.73. The van der Waals surface area contributed by atoms with E-state index in [0.717, 1.165) is 5.56 Å². The summed E-state index contributed by atoms with van der Waals surface area (Å²) in [6.45, 7) is 5.39. The van der Waals surface area contributed by atoms with Gasteiger partial charge >= 0.3 is 0 Å². The number of pyridine rings is 1. The molecule has 1 aromatic carbocycles. The van der Waals surface area contributed by atoms with E-state index in [4.69, 9.17) is 14.5 Å². The lowest BCUT2D eigenvalue weighted by molar-refractivity contribution is 0.374. The minimum absolute atomic E-state index is 0.0607. The monoisotopic (exact) mass is 465 g/mol. The number of rotatable bonds is 8. The fourth-order valence-electron chi connectivity index (χ4n) is 3.56. The van der Waals surface area contributed by atoms with Crippen molar-refractivity contribution in [2.45, 2.75) is 26.4 Å². The van der Waals surface area contributed by atoms with Gasteiger partial charge in [-0.2, -0.15) is 5.10 Å². The van der Waals surface area contributed by atoms with Gasteiger partial charge in [-0.3, -0.25) is 9.67 Å². The summed E-state index contributed by atoms with van der Waals surface area (Å²) in [5.41, 5.74) is 3.54. The number of hydrogen-bond acceptors (Lipinski definition) is 7. The Morgan fingerprint density at radius 3 is 2.65 bits per heavy atom. The predicted octanol–water partition coefficient (Wildman–Crippen LogP) is 3.22. The van der Waals surface area contributed by atoms with Gasteiger partial charge in [-0.25, -0.2) is 14.4 Å². The molecule has 0 amide bonds. The molecule has 34 heavy (non-hydrogen) atoms. The van der Waals surface area contributed by atoms with E-state index in [2.05, 4.69) is 34.2 Å². The van der Waals surface area contributed by atoms with Crippen molar-refractivity contribution in [3.63, 3.8) is 0 Å². The van der Waals surface area contributed by atoms with Crippen molar-refractivity contribution in [2.75, 3.05) is 20.8 Å². The Kier molecular flexibility index (Phi) is 6.87. The molecule has 0 unspecified atom stereocenters. The third-order valence-corrected chi connectivity index (χ3v) is 5.28. The van der Waals surface area contributed by atoms with Crippen LogP contribution in [0.25, 0.3) is 22.4 Å². The third kappa shape index (κ3) is 4.91. The van der Waals surface area contributed by atoms with Crippen LogP contribution in [0.3, 0.4) is 0 Å². The quantitative estimate of drug-likeness (QED) is 0.430. The van der Waals surface area contributed by atoms with Gasteiger partial charge in [-0.1, -0.05) is 13.8 Å². The molecule has 3 heterocycles. The fraction of sp³-hybridized carbons (Fsp3) is 0.333. The van der Waals surface area contributed by atoms with Crippen LogP contribution in [0.1, 0.15) is 13.8 Å². The highest BCUT2D eigenvalue weighted by Gasteiger charge is 2.13. The molecule has 0 spiro atoms. The van der Waals surface area contributed by atoms with E-state index < -0.39 is 5.82 Å². The van der Waals surface area contributed by atoms with E-state index in [9.17, 15) is 0 Å². The smallest absolute Gasteiger partial charge is 0.190 e. The van der Waals surface area contributed by atoms with E-state index in [-0.39, 0.29) is 11.4 Å². The topological polar surface area (TPSA) is 91.4 Å². The molecule has 0 aliphatic rings. The molecule has 4 aromatic rings. The number of ether oxygens (including phenoxy) is 2. The Hall–Kier alpha value is -3.79. The SMILES string of the molecule is COc1cc(/N=c2\ccc3ncc(-c4cnn(C)c4)nc3n2CCNC(C)C)c(F)c(OC)c1. The number of nitrogens with zero attached hydrogens (tertiary/aromatic N) is 6. The van der Waals surface area contributed by atoms with Crippen LogP contribution in [0.15, 0.2) is 47.8 Å². The average molecular weight is 466 g/mol. The summed E-state index contributed by atoms with van der Waals surface area (Å²) < 4.78 is 29.1. The molecule has 0 bridgehead atoms. The standard InChI is InChI=1S/C24H28FN7O2/c1-15(2)26-8-9-32-22(29-19-10-17(33-4)11-21(34-5)23(19)25)7-6-18-24(32)30-20(13-27-18)16-12-28-31(3)14-16/h6-7,10-15,26H,8-9H2,1-5H3/b29-22+. The van der Waals surface area contributed by atoms with Crippen LogP contribution in [0.5, 0.6) is 11.5 Å². The summed E-state index contributed by atoms with van der Waals surface area (Å²) in [5, 5.41) is 7.64. The second kappa shape index (κ2) is 10.0. The summed E-state index contributed by atoms with van der Waals surface area (Å²) >= 11 is 0. The highest BCUT2D eigenvalue weighted by Crippen LogP contribution is 2.32. The first kappa shape index (κ1) is 23.4. The maximum Gasteiger partial charge on any atom is 0.190 e. The zero-order chi connectivity index (χ0) is 24.2. The first-order valence-electron chi connectivity index (χ1n) is 10.9. The predicted molar refractivity (Wildman–Crippen MR) is 128 cm³/mol. The summed E-state index contributed by atoms with van der Waals surface area (Å²) in [5.74, 6) is -0.0551. The van der Waals surface area contributed by atoms with Gasteiger partial charge in [0.25, 0.3) is 0 Å². The van der Waals surface area contributed by atoms with E-state index in [1.807, 2.05) is 29.9 Å². The number of halogens is 1. The largest absolute Gasteiger partial charge is 0.497 e. The van der Waals surface area contributed by atoms with Gasteiger partial charge in [0.1, 0.15) is 22.4 Å². The number of fused-ring (bicyclic) bond motifs is 1. The molecule has 10 heteroatoms. The van der Waals surface area contributed by atoms with Gasteiger partial charge in [0.2, 0.25) is 0 Å². The zero-order valence-corrected chi connectivity index (χ0v) is 19.9. The molecule has 0 saturated heterocycles. The van der Waals surface area contributed by atoms with Crippen LogP contribution in [0, 0.1) is 5.82 Å². The van der Waals surface area contributed by atoms with Gasteiger partial charge in [-0.05, 0) is 12.1 Å². The molecule has 3 aromatic heterocycles. The van der Waals surface area contributed by atoms with Crippen LogP contribution in [-0.2, 0) is 13.6 Å². The Bertz CT molecular complexity index is 1380. The van der Waals surface area contributed by atoms with Gasteiger partial charge in [0.15, 0.2) is 17.2 Å². The van der Waals surface area contributed by atoms with Gasteiger partial charge in [0, 0.05) is 50.1 Å². The Morgan fingerprint density at radius 1 is 1.15 bits per heavy atom. The normalized spacial score (nSPS) is 12.0. The third-order valence-electron chi connectivity index (χ3n) is 5.28.